The van der Waals surface area contributed by atoms with Gasteiger partial charge in [0.2, 0.25) is 0 Å². The van der Waals surface area contributed by atoms with E-state index < -0.39 is 0 Å². The van der Waals surface area contributed by atoms with Gasteiger partial charge in [0.1, 0.15) is 0 Å². The van der Waals surface area contributed by atoms with Crippen molar-refractivity contribution < 1.29 is 4.79 Å². The van der Waals surface area contributed by atoms with Crippen molar-refractivity contribution in [3.63, 3.8) is 0 Å². The summed E-state index contributed by atoms with van der Waals surface area (Å²) in [5, 5.41) is 3.36. The molecular weight excluding hydrogens is 296 g/mol. The molecule has 0 radical (unpaired) electrons. The zero-order valence-electron chi connectivity index (χ0n) is 13.0. The first-order valence-electron chi connectivity index (χ1n) is 7.51. The maximum absolute atomic E-state index is 12.3. The summed E-state index contributed by atoms with van der Waals surface area (Å²) in [5.74, 6) is -0.189. The SMILES string of the molecule is CCN(CC)Cc1cccc(NC(=O)c2ccccc2Cl)c1. The van der Waals surface area contributed by atoms with Crippen LogP contribution in [0.15, 0.2) is 48.5 Å². The van der Waals surface area contributed by atoms with Crippen molar-refractivity contribution in [2.24, 2.45) is 0 Å². The van der Waals surface area contributed by atoms with Crippen LogP contribution in [0, 0.1) is 0 Å². The highest BCUT2D eigenvalue weighted by Gasteiger charge is 2.10. The highest BCUT2D eigenvalue weighted by atomic mass is 35.5. The zero-order valence-corrected chi connectivity index (χ0v) is 13.7. The van der Waals surface area contributed by atoms with Crippen molar-refractivity contribution in [2.75, 3.05) is 18.4 Å². The molecule has 2 aromatic carbocycles. The molecule has 0 aliphatic rings. The number of carbonyl (C=O) groups excluding carboxylic acids is 1. The molecule has 0 atom stereocenters. The maximum Gasteiger partial charge on any atom is 0.257 e. The smallest absolute Gasteiger partial charge is 0.257 e. The molecule has 1 N–H and O–H groups in total. The van der Waals surface area contributed by atoms with Crippen molar-refractivity contribution in [3.05, 3.63) is 64.7 Å². The molecule has 3 nitrogen and oxygen atoms in total. The van der Waals surface area contributed by atoms with Crippen LogP contribution in [0.1, 0.15) is 29.8 Å². The third kappa shape index (κ3) is 4.33. The number of anilines is 1. The van der Waals surface area contributed by atoms with Crippen molar-refractivity contribution in [1.82, 2.24) is 4.90 Å². The molecular formula is C18H21ClN2O. The van der Waals surface area contributed by atoms with Gasteiger partial charge in [0.05, 0.1) is 10.6 Å². The number of halogens is 1. The number of nitrogens with one attached hydrogen (secondary N) is 1. The van der Waals surface area contributed by atoms with Gasteiger partial charge in [0.25, 0.3) is 5.91 Å². The van der Waals surface area contributed by atoms with Gasteiger partial charge in [-0.05, 0) is 42.9 Å². The number of hydrogen-bond donors (Lipinski definition) is 1. The second-order valence-corrected chi connectivity index (χ2v) is 5.50. The number of rotatable bonds is 6. The van der Waals surface area contributed by atoms with Gasteiger partial charge in [-0.25, -0.2) is 0 Å². The third-order valence-electron chi connectivity index (χ3n) is 3.60. The molecule has 0 spiro atoms. The normalized spacial score (nSPS) is 10.7. The van der Waals surface area contributed by atoms with Crippen LogP contribution in [0.25, 0.3) is 0 Å². The minimum Gasteiger partial charge on any atom is -0.322 e. The number of hydrogen-bond acceptors (Lipinski definition) is 2. The first-order chi connectivity index (χ1) is 10.6. The summed E-state index contributed by atoms with van der Waals surface area (Å²) in [7, 11) is 0. The Morgan fingerprint density at radius 3 is 2.50 bits per heavy atom. The summed E-state index contributed by atoms with van der Waals surface area (Å²) in [6.07, 6.45) is 0. The van der Waals surface area contributed by atoms with Crippen LogP contribution in [-0.2, 0) is 6.54 Å². The number of amides is 1. The van der Waals surface area contributed by atoms with Crippen molar-refractivity contribution >= 4 is 23.2 Å². The molecule has 116 valence electrons. The predicted octanol–water partition coefficient (Wildman–Crippen LogP) is 4.43. The van der Waals surface area contributed by atoms with Gasteiger partial charge in [-0.2, -0.15) is 0 Å². The predicted molar refractivity (Wildman–Crippen MR) is 92.5 cm³/mol. The second-order valence-electron chi connectivity index (χ2n) is 5.10. The van der Waals surface area contributed by atoms with Crippen LogP contribution in [0.3, 0.4) is 0 Å². The molecule has 0 saturated heterocycles. The largest absolute Gasteiger partial charge is 0.322 e. The van der Waals surface area contributed by atoms with Gasteiger partial charge in [-0.1, -0.05) is 49.7 Å². The van der Waals surface area contributed by atoms with E-state index in [2.05, 4.69) is 30.1 Å². The van der Waals surface area contributed by atoms with Crippen LogP contribution < -0.4 is 5.32 Å². The van der Waals surface area contributed by atoms with E-state index in [-0.39, 0.29) is 5.91 Å². The minimum atomic E-state index is -0.189. The molecule has 2 aromatic rings. The van der Waals surface area contributed by atoms with Crippen LogP contribution in [-0.4, -0.2) is 23.9 Å². The van der Waals surface area contributed by atoms with Gasteiger partial charge in [0.15, 0.2) is 0 Å². The quantitative estimate of drug-likeness (QED) is 0.854. The molecule has 0 fully saturated rings. The van der Waals surface area contributed by atoms with Gasteiger partial charge < -0.3 is 5.32 Å². The van der Waals surface area contributed by atoms with E-state index in [9.17, 15) is 4.79 Å². The van der Waals surface area contributed by atoms with E-state index in [0.29, 0.717) is 10.6 Å². The summed E-state index contributed by atoms with van der Waals surface area (Å²) in [6, 6.07) is 15.0. The monoisotopic (exact) mass is 316 g/mol. The molecule has 0 saturated carbocycles. The summed E-state index contributed by atoms with van der Waals surface area (Å²) < 4.78 is 0. The Morgan fingerprint density at radius 1 is 1.09 bits per heavy atom. The average Bonchev–Trinajstić information content (AvgIpc) is 2.53. The molecule has 0 aliphatic carbocycles. The molecule has 0 bridgehead atoms. The third-order valence-corrected chi connectivity index (χ3v) is 3.93. The lowest BCUT2D eigenvalue weighted by Gasteiger charge is -2.18. The highest BCUT2D eigenvalue weighted by molar-refractivity contribution is 6.34. The molecule has 0 aliphatic heterocycles. The van der Waals surface area contributed by atoms with E-state index in [1.165, 1.54) is 5.56 Å². The fraction of sp³-hybridized carbons (Fsp3) is 0.278. The maximum atomic E-state index is 12.3. The second kappa shape index (κ2) is 7.97. The average molecular weight is 317 g/mol. The van der Waals surface area contributed by atoms with Crippen LogP contribution >= 0.6 is 11.6 Å². The molecule has 0 heterocycles. The Labute approximate surface area is 136 Å². The van der Waals surface area contributed by atoms with E-state index in [1.807, 2.05) is 24.3 Å². The van der Waals surface area contributed by atoms with E-state index in [4.69, 9.17) is 11.6 Å². The first kappa shape index (κ1) is 16.5. The summed E-state index contributed by atoms with van der Waals surface area (Å²) >= 11 is 6.06. The Hall–Kier alpha value is -1.84. The Balaban J connectivity index is 2.10. The Morgan fingerprint density at radius 2 is 1.82 bits per heavy atom. The van der Waals surface area contributed by atoms with E-state index in [1.54, 1.807) is 18.2 Å². The van der Waals surface area contributed by atoms with Crippen molar-refractivity contribution in [1.29, 1.82) is 0 Å². The molecule has 1 amide bonds. The fourth-order valence-corrected chi connectivity index (χ4v) is 2.52. The molecule has 4 heteroatoms. The lowest BCUT2D eigenvalue weighted by Crippen LogP contribution is -2.22. The number of carbonyl (C=O) groups is 1. The van der Waals surface area contributed by atoms with E-state index >= 15 is 0 Å². The number of benzene rings is 2. The van der Waals surface area contributed by atoms with Gasteiger partial charge in [0, 0.05) is 12.2 Å². The highest BCUT2D eigenvalue weighted by Crippen LogP contribution is 2.18. The van der Waals surface area contributed by atoms with Crippen molar-refractivity contribution in [2.45, 2.75) is 20.4 Å². The van der Waals surface area contributed by atoms with E-state index in [0.717, 1.165) is 25.3 Å². The van der Waals surface area contributed by atoms with Gasteiger partial charge >= 0.3 is 0 Å². The Bertz CT molecular complexity index is 638. The minimum absolute atomic E-state index is 0.189. The van der Waals surface area contributed by atoms with Crippen LogP contribution in [0.2, 0.25) is 5.02 Å². The van der Waals surface area contributed by atoms with Crippen LogP contribution in [0.5, 0.6) is 0 Å². The molecule has 22 heavy (non-hydrogen) atoms. The standard InChI is InChI=1S/C18H21ClN2O/c1-3-21(4-2)13-14-8-7-9-15(12-14)20-18(22)16-10-5-6-11-17(16)19/h5-12H,3-4,13H2,1-2H3,(H,20,22). The van der Waals surface area contributed by atoms with Gasteiger partial charge in [-0.3, -0.25) is 9.69 Å². The van der Waals surface area contributed by atoms with Gasteiger partial charge in [-0.15, -0.1) is 0 Å². The summed E-state index contributed by atoms with van der Waals surface area (Å²) in [4.78, 5) is 14.6. The molecule has 0 aromatic heterocycles. The number of nitrogens with zero attached hydrogens (tertiary/aromatic N) is 1. The zero-order chi connectivity index (χ0) is 15.9. The molecule has 2 rings (SSSR count). The Kier molecular flexibility index (Phi) is 5.99. The van der Waals surface area contributed by atoms with Crippen LogP contribution in [0.4, 0.5) is 5.69 Å². The lowest BCUT2D eigenvalue weighted by molar-refractivity contribution is 0.102. The summed E-state index contributed by atoms with van der Waals surface area (Å²) in [5.41, 5.74) is 2.45. The first-order valence-corrected chi connectivity index (χ1v) is 7.89. The lowest BCUT2D eigenvalue weighted by atomic mass is 10.1. The topological polar surface area (TPSA) is 32.3 Å². The summed E-state index contributed by atoms with van der Waals surface area (Å²) in [6.45, 7) is 7.18. The fourth-order valence-electron chi connectivity index (χ4n) is 2.30. The molecule has 0 unspecified atom stereocenters. The van der Waals surface area contributed by atoms with Crippen molar-refractivity contribution in [3.8, 4) is 0 Å².